The highest BCUT2D eigenvalue weighted by Gasteiger charge is 2.27. The van der Waals surface area contributed by atoms with Crippen LogP contribution in [0.15, 0.2) is 21.3 Å². The Morgan fingerprint density at radius 3 is 1.56 bits per heavy atom. The molecule has 0 bridgehead atoms. The first-order valence-corrected chi connectivity index (χ1v) is 16.8. The zero-order valence-electron chi connectivity index (χ0n) is 21.6. The number of methoxy groups -OCH3 is 2. The molecule has 0 aliphatic heterocycles. The van der Waals surface area contributed by atoms with Gasteiger partial charge in [-0.2, -0.15) is 0 Å². The molecule has 2 amide bonds. The minimum absolute atomic E-state index is 0.0188. The maximum absolute atomic E-state index is 12.8. The highest BCUT2D eigenvalue weighted by molar-refractivity contribution is 8.76. The zero-order valence-corrected chi connectivity index (χ0v) is 26.5. The lowest BCUT2D eigenvalue weighted by molar-refractivity contribution is -0.143. The molecule has 0 aliphatic rings. The zero-order chi connectivity index (χ0) is 30.8. The first-order chi connectivity index (χ1) is 19.6. The number of aliphatic hydroxyl groups excluding tert-OH is 2. The summed E-state index contributed by atoms with van der Waals surface area (Å²) in [5.41, 5.74) is -0.746. The molecular formula is C21H28N4O10S6. The van der Waals surface area contributed by atoms with E-state index < -0.39 is 64.9 Å². The minimum atomic E-state index is -1.16. The number of rotatable bonds is 20. The molecule has 1 heterocycles. The topological polar surface area (TPSA) is 206 Å². The fraction of sp³-hybridized carbons (Fsp3) is 0.476. The lowest BCUT2D eigenvalue weighted by Crippen LogP contribution is -2.44. The maximum atomic E-state index is 12.8. The number of nitrogens with one attached hydrogen (secondary N) is 4. The van der Waals surface area contributed by atoms with E-state index in [1.807, 2.05) is 0 Å². The van der Waals surface area contributed by atoms with Crippen molar-refractivity contribution in [2.45, 2.75) is 24.2 Å². The van der Waals surface area contributed by atoms with Gasteiger partial charge in [0.1, 0.15) is 12.1 Å². The molecule has 41 heavy (non-hydrogen) atoms. The standard InChI is InChI=1S/C21H28N4O10S6/c1-33-20(31)14(9-38-40-24-11(5-26)7-36)22-18(29)16-3-13(28)4-17(35-16)19(30)23-15(21(32)34-2)10-39-41-25-12(6-27)8-37/h3-4,7-8,11-12,14-15,24-27H,5-6,9-10H2,1-2H3,(H,22,29)(H,23,30)/t11-,12-,14?,15?/m1/s1. The number of ether oxygens (including phenoxy) is 2. The number of esters is 2. The van der Waals surface area contributed by atoms with Crippen molar-refractivity contribution in [3.8, 4) is 0 Å². The second-order valence-corrected chi connectivity index (χ2v) is 12.3. The van der Waals surface area contributed by atoms with Crippen LogP contribution in [0.5, 0.6) is 0 Å². The molecule has 228 valence electrons. The number of carbonyl (C=O) groups excluding carboxylic acids is 4. The predicted molar refractivity (Wildman–Crippen MR) is 167 cm³/mol. The molecule has 4 atom stereocenters. The van der Waals surface area contributed by atoms with Gasteiger partial charge in [-0.3, -0.25) is 14.4 Å². The summed E-state index contributed by atoms with van der Waals surface area (Å²) in [5, 5.41) is 25.7. The third kappa shape index (κ3) is 13.8. The summed E-state index contributed by atoms with van der Waals surface area (Å²) < 4.78 is 20.4. The maximum Gasteiger partial charge on any atom is 0.329 e. The fourth-order valence-electron chi connectivity index (χ4n) is 2.39. The van der Waals surface area contributed by atoms with Crippen molar-refractivity contribution in [1.82, 2.24) is 20.1 Å². The Hall–Kier alpha value is -1.75. The number of amides is 2. The molecule has 1 aromatic rings. The number of hydrogen-bond acceptors (Lipinski definition) is 18. The number of thiocarbonyl (C=S) groups is 2. The van der Waals surface area contributed by atoms with Gasteiger partial charge in [0.15, 0.2) is 16.9 Å². The first kappa shape index (κ1) is 37.3. The lowest BCUT2D eigenvalue weighted by Gasteiger charge is -2.17. The molecule has 1 rings (SSSR count). The van der Waals surface area contributed by atoms with Gasteiger partial charge in [-0.25, -0.2) is 19.0 Å². The third-order valence-corrected chi connectivity index (χ3v) is 9.23. The van der Waals surface area contributed by atoms with Gasteiger partial charge in [-0.1, -0.05) is 46.0 Å². The monoisotopic (exact) mass is 688 g/mol. The second-order valence-electron chi connectivity index (χ2n) is 7.44. The van der Waals surface area contributed by atoms with E-state index in [0.29, 0.717) is 0 Å². The van der Waals surface area contributed by atoms with E-state index in [1.54, 1.807) is 0 Å². The van der Waals surface area contributed by atoms with E-state index >= 15 is 0 Å². The van der Waals surface area contributed by atoms with E-state index in [9.17, 15) is 24.0 Å². The molecule has 6 N–H and O–H groups in total. The molecule has 0 spiro atoms. The van der Waals surface area contributed by atoms with Crippen molar-refractivity contribution in [2.75, 3.05) is 38.9 Å². The van der Waals surface area contributed by atoms with Gasteiger partial charge < -0.3 is 34.7 Å². The van der Waals surface area contributed by atoms with Gasteiger partial charge in [0, 0.05) is 23.6 Å². The van der Waals surface area contributed by atoms with Crippen molar-refractivity contribution < 1.29 is 43.3 Å². The van der Waals surface area contributed by atoms with Gasteiger partial charge >= 0.3 is 11.9 Å². The Morgan fingerprint density at radius 1 is 0.854 bits per heavy atom. The first-order valence-electron chi connectivity index (χ1n) is 11.3. The average Bonchev–Trinajstić information content (AvgIpc) is 2.98. The Labute approximate surface area is 261 Å². The van der Waals surface area contributed by atoms with Crippen LogP contribution in [0.2, 0.25) is 0 Å². The van der Waals surface area contributed by atoms with Crippen molar-refractivity contribution >= 4 is 102 Å². The van der Waals surface area contributed by atoms with Crippen LogP contribution in [0, 0.1) is 0 Å². The van der Waals surface area contributed by atoms with Crippen LogP contribution in [0.25, 0.3) is 0 Å². The quantitative estimate of drug-likeness (QED) is 0.0341. The van der Waals surface area contributed by atoms with Crippen LogP contribution in [0.4, 0.5) is 0 Å². The van der Waals surface area contributed by atoms with Gasteiger partial charge in [0.25, 0.3) is 11.8 Å². The van der Waals surface area contributed by atoms with Crippen molar-refractivity contribution in [3.63, 3.8) is 0 Å². The summed E-state index contributed by atoms with van der Waals surface area (Å²) in [6.07, 6.45) is 0. The summed E-state index contributed by atoms with van der Waals surface area (Å²) in [5.74, 6) is -4.60. The van der Waals surface area contributed by atoms with Gasteiger partial charge in [-0.05, 0) is 32.7 Å². The summed E-state index contributed by atoms with van der Waals surface area (Å²) in [6, 6.07) is -1.58. The fourth-order valence-corrected chi connectivity index (χ4v) is 6.76. The largest absolute Gasteiger partial charge is 0.467 e. The predicted octanol–water partition coefficient (Wildman–Crippen LogP) is -0.324. The highest BCUT2D eigenvalue weighted by atomic mass is 33.1. The molecule has 0 aliphatic carbocycles. The van der Waals surface area contributed by atoms with Gasteiger partial charge in [0.2, 0.25) is 0 Å². The van der Waals surface area contributed by atoms with Crippen LogP contribution < -0.4 is 25.5 Å². The minimum Gasteiger partial charge on any atom is -0.467 e. The molecule has 1 aromatic heterocycles. The number of aliphatic hydroxyl groups is 2. The molecule has 0 fully saturated rings. The Morgan fingerprint density at radius 2 is 1.24 bits per heavy atom. The molecule has 0 saturated carbocycles. The Kier molecular flexibility index (Phi) is 19.1. The normalized spacial score (nSPS) is 13.7. The number of carbonyl (C=O) groups is 4. The molecule has 0 saturated heterocycles. The highest BCUT2D eigenvalue weighted by Crippen LogP contribution is 2.20. The Bertz CT molecular complexity index is 1030. The second kappa shape index (κ2) is 21.0. The van der Waals surface area contributed by atoms with Crippen LogP contribution in [-0.2, 0) is 19.1 Å². The molecular weight excluding hydrogens is 661 g/mol. The summed E-state index contributed by atoms with van der Waals surface area (Å²) in [7, 11) is 6.66. The van der Waals surface area contributed by atoms with Gasteiger partial charge in [-0.15, -0.1) is 0 Å². The van der Waals surface area contributed by atoms with E-state index in [-0.39, 0.29) is 24.7 Å². The van der Waals surface area contributed by atoms with Crippen molar-refractivity contribution in [3.05, 3.63) is 33.9 Å². The summed E-state index contributed by atoms with van der Waals surface area (Å²) >= 11 is 9.52. The van der Waals surface area contributed by atoms with Crippen LogP contribution in [-0.4, -0.2) is 108 Å². The summed E-state index contributed by atoms with van der Waals surface area (Å²) in [6.45, 7) is -0.460. The molecule has 20 heteroatoms. The number of hydrogen-bond donors (Lipinski definition) is 6. The van der Waals surface area contributed by atoms with E-state index in [4.69, 9.17) is 48.5 Å². The molecule has 2 unspecified atom stereocenters. The van der Waals surface area contributed by atoms with E-state index in [2.05, 4.69) is 20.1 Å². The van der Waals surface area contributed by atoms with E-state index in [1.165, 1.54) is 10.7 Å². The average molecular weight is 689 g/mol. The van der Waals surface area contributed by atoms with Crippen LogP contribution >= 0.6 is 68.0 Å². The van der Waals surface area contributed by atoms with Crippen molar-refractivity contribution in [1.29, 1.82) is 0 Å². The van der Waals surface area contributed by atoms with Crippen LogP contribution in [0.1, 0.15) is 21.1 Å². The third-order valence-electron chi connectivity index (χ3n) is 4.50. The molecule has 0 radical (unpaired) electrons. The smallest absolute Gasteiger partial charge is 0.329 e. The van der Waals surface area contributed by atoms with Gasteiger partial charge in [0.05, 0.1) is 39.5 Å². The van der Waals surface area contributed by atoms with Crippen molar-refractivity contribution in [2.24, 2.45) is 0 Å². The molecule has 0 aromatic carbocycles. The van der Waals surface area contributed by atoms with Crippen LogP contribution in [0.3, 0.4) is 0 Å². The summed E-state index contributed by atoms with van der Waals surface area (Å²) in [4.78, 5) is 62.2. The Balaban J connectivity index is 2.92. The molecule has 14 nitrogen and oxygen atoms in total. The van der Waals surface area contributed by atoms with E-state index in [0.717, 1.165) is 69.9 Å². The SMILES string of the molecule is COC(=O)C(CSSN[C@@H](C=S)CO)NC(=O)c1cc(=O)cc(C(=O)NC(CSSN[C@@H](C=S)CO)C(=O)OC)o1. The lowest BCUT2D eigenvalue weighted by atomic mass is 10.2.